The number of aromatic nitrogens is 4. The molecule has 8 atom stereocenters. The summed E-state index contributed by atoms with van der Waals surface area (Å²) in [5.74, 6) is -3.41. The predicted octanol–water partition coefficient (Wildman–Crippen LogP) is 9.45. The number of aromatic amines is 2. The standard InChI is InChI=1S/C57H65F5N10O8/c1-29(77-3)49(67-56(75)79-5)54(73)70-19-7-9-47(70)52-63-41-25-35(37(59)27-43(41)65-52)45-15-16-46(72(45)34-23-39(61)51(40(62)24-34)69-21-17-32(18-22-69)31-11-13-33(58)14-12-31)36-26-42-44(28-38(36)60)66-53(64-42)48-10-8-20-71(48)55(74)50(30(2)78-4)68-57(76)80-6/h11-14,23-30,32,45-50H,7-10,15-22H2,1-6H3,(H,63,65)(H,64,66)(H,67,75)(H,68,76)/t29?,30?,45-,46-,47+,48+,49?,50?/m1/s1. The van der Waals surface area contributed by atoms with Gasteiger partial charge in [0, 0.05) is 69.3 Å². The van der Waals surface area contributed by atoms with Gasteiger partial charge in [0.05, 0.1) is 72.7 Å². The maximum atomic E-state index is 17.0. The number of rotatable bonds is 15. The molecule has 4 aliphatic rings. The van der Waals surface area contributed by atoms with Crippen molar-refractivity contribution in [3.8, 4) is 0 Å². The topological polar surface area (TPSA) is 200 Å². The van der Waals surface area contributed by atoms with E-state index in [2.05, 4.69) is 20.6 Å². The van der Waals surface area contributed by atoms with E-state index in [9.17, 15) is 23.6 Å². The number of alkyl carbamates (subject to hydrolysis) is 2. The Kier molecular flexibility index (Phi) is 16.2. The molecule has 0 spiro atoms. The second-order valence-electron chi connectivity index (χ2n) is 21.1. The molecule has 4 amide bonds. The lowest BCUT2D eigenvalue weighted by molar-refractivity contribution is -0.138. The lowest BCUT2D eigenvalue weighted by Crippen LogP contribution is -2.54. The Hall–Kier alpha value is -7.53. The number of nitrogens with zero attached hydrogens (tertiary/aromatic N) is 6. The van der Waals surface area contributed by atoms with Crippen LogP contribution in [0.5, 0.6) is 0 Å². The molecule has 18 nitrogen and oxygen atoms in total. The van der Waals surface area contributed by atoms with E-state index in [1.54, 1.807) is 57.7 Å². The molecule has 6 heterocycles. The molecule has 6 aromatic rings. The summed E-state index contributed by atoms with van der Waals surface area (Å²) >= 11 is 0. The third-order valence-electron chi connectivity index (χ3n) is 16.6. The number of anilines is 2. The van der Waals surface area contributed by atoms with Crippen LogP contribution in [0.15, 0.2) is 60.7 Å². The first-order chi connectivity index (χ1) is 38.5. The van der Waals surface area contributed by atoms with Crippen molar-refractivity contribution in [1.82, 2.24) is 40.4 Å². The molecule has 4 aliphatic heterocycles. The summed E-state index contributed by atoms with van der Waals surface area (Å²) in [6.45, 7) is 4.64. The zero-order valence-electron chi connectivity index (χ0n) is 45.3. The minimum Gasteiger partial charge on any atom is -0.453 e. The zero-order valence-corrected chi connectivity index (χ0v) is 45.3. The third-order valence-corrected chi connectivity index (χ3v) is 16.6. The number of halogens is 5. The van der Waals surface area contributed by atoms with Gasteiger partial charge in [0.25, 0.3) is 0 Å². The number of imidazole rings is 2. The molecule has 4 N–H and O–H groups in total. The summed E-state index contributed by atoms with van der Waals surface area (Å²) in [6.07, 6.45) is 0.794. The Morgan fingerprint density at radius 2 is 1.02 bits per heavy atom. The van der Waals surface area contributed by atoms with Crippen LogP contribution in [0.2, 0.25) is 0 Å². The highest BCUT2D eigenvalue weighted by atomic mass is 19.1. The number of amides is 4. The first-order valence-corrected chi connectivity index (χ1v) is 27.0. The molecule has 4 unspecified atom stereocenters. The number of hydrogen-bond donors (Lipinski definition) is 4. The van der Waals surface area contributed by atoms with Gasteiger partial charge in [-0.3, -0.25) is 9.59 Å². The van der Waals surface area contributed by atoms with E-state index in [0.29, 0.717) is 87.4 Å². The fraction of sp³-hybridized carbons (Fsp3) is 0.474. The van der Waals surface area contributed by atoms with Crippen molar-refractivity contribution >= 4 is 57.4 Å². The van der Waals surface area contributed by atoms with Gasteiger partial charge in [-0.25, -0.2) is 41.5 Å². The van der Waals surface area contributed by atoms with Crippen molar-refractivity contribution in [1.29, 1.82) is 0 Å². The first kappa shape index (κ1) is 55.8. The first-order valence-electron chi connectivity index (χ1n) is 27.0. The number of methoxy groups -OCH3 is 4. The molecule has 4 fully saturated rings. The molecule has 0 saturated carbocycles. The molecule has 426 valence electrons. The summed E-state index contributed by atoms with van der Waals surface area (Å²) in [5, 5.41) is 5.14. The molecule has 4 aromatic carbocycles. The van der Waals surface area contributed by atoms with Crippen LogP contribution in [0.1, 0.15) is 124 Å². The number of H-pyrrole nitrogens is 2. The number of benzene rings is 4. The lowest BCUT2D eigenvalue weighted by atomic mass is 9.89. The minimum atomic E-state index is -1.08. The maximum Gasteiger partial charge on any atom is 0.407 e. The van der Waals surface area contributed by atoms with Gasteiger partial charge in [-0.05, 0) is 113 Å². The number of carbonyl (C=O) groups is 4. The van der Waals surface area contributed by atoms with Crippen LogP contribution in [-0.2, 0) is 28.5 Å². The van der Waals surface area contributed by atoms with E-state index in [1.807, 2.05) is 0 Å². The molecule has 10 rings (SSSR count). The third kappa shape index (κ3) is 10.8. The van der Waals surface area contributed by atoms with Gasteiger partial charge in [-0.15, -0.1) is 0 Å². The van der Waals surface area contributed by atoms with Crippen LogP contribution in [-0.4, -0.2) is 133 Å². The fourth-order valence-electron chi connectivity index (χ4n) is 12.3. The second-order valence-corrected chi connectivity index (χ2v) is 21.1. The van der Waals surface area contributed by atoms with Crippen LogP contribution < -0.4 is 20.4 Å². The minimum absolute atomic E-state index is 0.0491. The highest BCUT2D eigenvalue weighted by Crippen LogP contribution is 2.50. The molecule has 0 bridgehead atoms. The van der Waals surface area contributed by atoms with Gasteiger partial charge in [-0.2, -0.15) is 0 Å². The molecule has 0 radical (unpaired) electrons. The normalized spacial score (nSPS) is 21.3. The van der Waals surface area contributed by atoms with Crippen molar-refractivity contribution in [3.05, 3.63) is 118 Å². The van der Waals surface area contributed by atoms with E-state index in [4.69, 9.17) is 28.9 Å². The van der Waals surface area contributed by atoms with E-state index in [1.165, 1.54) is 64.8 Å². The summed E-state index contributed by atoms with van der Waals surface area (Å²) in [5.41, 5.74) is 2.44. The monoisotopic (exact) mass is 1110 g/mol. The Morgan fingerprint density at radius 1 is 0.575 bits per heavy atom. The average Bonchev–Trinajstić information content (AvgIpc) is 4.48. The van der Waals surface area contributed by atoms with Gasteiger partial charge >= 0.3 is 12.2 Å². The van der Waals surface area contributed by atoms with Crippen LogP contribution in [0.4, 0.5) is 42.9 Å². The molecule has 4 saturated heterocycles. The highest BCUT2D eigenvalue weighted by Gasteiger charge is 2.43. The van der Waals surface area contributed by atoms with E-state index < -0.39 is 95.7 Å². The zero-order chi connectivity index (χ0) is 56.7. The van der Waals surface area contributed by atoms with E-state index >= 15 is 17.6 Å². The maximum absolute atomic E-state index is 17.0. The van der Waals surface area contributed by atoms with Gasteiger partial charge in [-0.1, -0.05) is 12.1 Å². The van der Waals surface area contributed by atoms with Gasteiger partial charge < -0.3 is 59.1 Å². The van der Waals surface area contributed by atoms with Gasteiger partial charge in [0.2, 0.25) is 11.8 Å². The van der Waals surface area contributed by atoms with Crippen LogP contribution in [0, 0.1) is 29.1 Å². The Morgan fingerprint density at radius 3 is 1.45 bits per heavy atom. The molecule has 23 heteroatoms. The lowest BCUT2D eigenvalue weighted by Gasteiger charge is -2.36. The van der Waals surface area contributed by atoms with Gasteiger partial charge in [0.1, 0.15) is 46.9 Å². The quantitative estimate of drug-likeness (QED) is 0.0712. The fourth-order valence-corrected chi connectivity index (χ4v) is 12.3. The highest BCUT2D eigenvalue weighted by molar-refractivity contribution is 5.88. The smallest absolute Gasteiger partial charge is 0.407 e. The van der Waals surface area contributed by atoms with Crippen molar-refractivity contribution in [3.63, 3.8) is 0 Å². The van der Waals surface area contributed by atoms with Crippen molar-refractivity contribution in [2.24, 2.45) is 0 Å². The Balaban J connectivity index is 0.993. The number of carbonyl (C=O) groups excluding carboxylic acids is 4. The van der Waals surface area contributed by atoms with Crippen molar-refractivity contribution in [2.45, 2.75) is 120 Å². The number of likely N-dealkylation sites (tertiary alicyclic amines) is 2. The van der Waals surface area contributed by atoms with Crippen LogP contribution in [0.3, 0.4) is 0 Å². The Bertz CT molecular complexity index is 3100. The number of fused-ring (bicyclic) bond motifs is 2. The number of nitrogens with one attached hydrogen (secondary N) is 4. The molecule has 2 aromatic heterocycles. The summed E-state index contributed by atoms with van der Waals surface area (Å²) in [6, 6.07) is 9.30. The SMILES string of the molecule is COC(=O)NC(C(=O)N1CCC[C@H]1c1nc2cc(F)c([C@H]3CC[C@H](c4cc5[nH]c([C@@H]6CCCN6C(=O)C(NC(=O)OC)C(C)OC)nc5cc4F)N3c3cc(F)c(N4CCC(c5ccc(F)cc5)CC4)c(F)c3)cc2[nH]1)C(C)OC. The van der Waals surface area contributed by atoms with Crippen LogP contribution >= 0.6 is 0 Å². The second kappa shape index (κ2) is 23.3. The predicted molar refractivity (Wildman–Crippen MR) is 285 cm³/mol. The van der Waals surface area contributed by atoms with E-state index in [-0.39, 0.29) is 58.1 Å². The number of hydrogen-bond acceptors (Lipinski definition) is 12. The van der Waals surface area contributed by atoms with E-state index in [0.717, 1.165) is 5.56 Å². The van der Waals surface area contributed by atoms with Crippen molar-refractivity contribution < 1.29 is 60.1 Å². The molecule has 0 aliphatic carbocycles. The average molecular weight is 1110 g/mol. The van der Waals surface area contributed by atoms with Crippen molar-refractivity contribution in [2.75, 3.05) is 64.4 Å². The molecule has 80 heavy (non-hydrogen) atoms. The van der Waals surface area contributed by atoms with Crippen LogP contribution in [0.25, 0.3) is 22.1 Å². The summed E-state index contributed by atoms with van der Waals surface area (Å²) in [7, 11) is 5.23. The summed E-state index contributed by atoms with van der Waals surface area (Å²) < 4.78 is 102. The largest absolute Gasteiger partial charge is 0.453 e. The number of ether oxygens (including phenoxy) is 4. The van der Waals surface area contributed by atoms with Gasteiger partial charge in [0.15, 0.2) is 11.6 Å². The molecular weight excluding hydrogens is 1050 g/mol. The number of piperidine rings is 1. The summed E-state index contributed by atoms with van der Waals surface area (Å²) in [4.78, 5) is 75.3. The Labute approximate surface area is 458 Å². The molecular formula is C57H65F5N10O8.